The molecule has 1 aliphatic rings. The monoisotopic (exact) mass is 438 g/mol. The van der Waals surface area contributed by atoms with Gasteiger partial charge in [-0.25, -0.2) is 9.18 Å². The quantitative estimate of drug-likeness (QED) is 0.564. The zero-order chi connectivity index (χ0) is 22.8. The third-order valence-corrected chi connectivity index (χ3v) is 5.94. The van der Waals surface area contributed by atoms with Gasteiger partial charge in [0.1, 0.15) is 16.9 Å². The molecule has 2 aromatic carbocycles. The maximum Gasteiger partial charge on any atom is 0.339 e. The molecule has 0 radical (unpaired) electrons. The summed E-state index contributed by atoms with van der Waals surface area (Å²) >= 11 is 0. The topological polar surface area (TPSA) is 111 Å². The van der Waals surface area contributed by atoms with Crippen LogP contribution in [-0.2, 0) is 6.42 Å². The van der Waals surface area contributed by atoms with Crippen LogP contribution >= 0.6 is 0 Å². The van der Waals surface area contributed by atoms with Crippen LogP contribution in [0.2, 0.25) is 0 Å². The zero-order valence-corrected chi connectivity index (χ0v) is 17.3. The van der Waals surface area contributed by atoms with E-state index < -0.39 is 11.7 Å². The summed E-state index contributed by atoms with van der Waals surface area (Å²) < 4.78 is 13.2. The largest absolute Gasteiger partial charge is 0.505 e. The summed E-state index contributed by atoms with van der Waals surface area (Å²) in [5.41, 5.74) is 1.40. The van der Waals surface area contributed by atoms with Gasteiger partial charge in [0, 0.05) is 31.3 Å². The van der Waals surface area contributed by atoms with Gasteiger partial charge in [0.15, 0.2) is 5.75 Å². The molecule has 0 aliphatic carbocycles. The number of carboxylic acid groups (broad SMARTS) is 1. The summed E-state index contributed by atoms with van der Waals surface area (Å²) in [7, 11) is 0. The first-order valence-corrected chi connectivity index (χ1v) is 10.4. The second-order valence-electron chi connectivity index (χ2n) is 8.09. The predicted octanol–water partition coefficient (Wildman–Crippen LogP) is 3.21. The second-order valence-corrected chi connectivity index (χ2v) is 8.09. The van der Waals surface area contributed by atoms with E-state index in [-0.39, 0.29) is 40.9 Å². The van der Waals surface area contributed by atoms with E-state index in [1.165, 1.54) is 24.4 Å². The molecule has 1 aliphatic heterocycles. The normalized spacial score (nSPS) is 14.6. The fourth-order valence-electron chi connectivity index (χ4n) is 4.08. The Morgan fingerprint density at radius 3 is 2.38 bits per heavy atom. The SMILES string of the molecule is O=C(O)c1cc(C(=O)N2CCC(CO)CC2)c2cc(Cc3ccc(F)cc3)cnc2c1O. The second kappa shape index (κ2) is 8.92. The highest BCUT2D eigenvalue weighted by molar-refractivity contribution is 6.11. The molecule has 1 saturated heterocycles. The summed E-state index contributed by atoms with van der Waals surface area (Å²) in [4.78, 5) is 30.9. The van der Waals surface area contributed by atoms with Crippen molar-refractivity contribution < 1.29 is 29.3 Å². The van der Waals surface area contributed by atoms with Gasteiger partial charge in [0.05, 0.1) is 5.56 Å². The molecule has 0 spiro atoms. The first kappa shape index (κ1) is 21.7. The Morgan fingerprint density at radius 1 is 1.06 bits per heavy atom. The molecular formula is C24H23FN2O5. The molecule has 2 heterocycles. The van der Waals surface area contributed by atoms with Gasteiger partial charge in [0.25, 0.3) is 5.91 Å². The number of piperidine rings is 1. The van der Waals surface area contributed by atoms with Crippen LogP contribution in [0.15, 0.2) is 42.6 Å². The highest BCUT2D eigenvalue weighted by Crippen LogP contribution is 2.33. The van der Waals surface area contributed by atoms with Crippen molar-refractivity contribution in [3.8, 4) is 5.75 Å². The van der Waals surface area contributed by atoms with E-state index in [1.807, 2.05) is 0 Å². The number of phenols is 1. The standard InChI is InChI=1S/C24H23FN2O5/c25-17-3-1-14(2-4-17)9-16-10-18-19(23(30)27-7-5-15(13-28)6-8-27)11-20(24(31)32)22(29)21(18)26-12-16/h1-4,10-12,15,28-29H,5-9,13H2,(H,31,32). The lowest BCUT2D eigenvalue weighted by atomic mass is 9.95. The fraction of sp³-hybridized carbons (Fsp3) is 0.292. The van der Waals surface area contributed by atoms with Gasteiger partial charge in [-0.3, -0.25) is 9.78 Å². The lowest BCUT2D eigenvalue weighted by Gasteiger charge is -2.31. The van der Waals surface area contributed by atoms with Gasteiger partial charge in [0.2, 0.25) is 0 Å². The Bertz CT molecular complexity index is 1170. The molecule has 3 aromatic rings. The molecule has 3 N–H and O–H groups in total. The summed E-state index contributed by atoms with van der Waals surface area (Å²) in [5.74, 6) is -2.37. The van der Waals surface area contributed by atoms with Crippen molar-refractivity contribution in [2.75, 3.05) is 19.7 Å². The molecule has 1 amide bonds. The predicted molar refractivity (Wildman–Crippen MR) is 115 cm³/mol. The number of aromatic carboxylic acids is 1. The van der Waals surface area contributed by atoms with Gasteiger partial charge < -0.3 is 20.2 Å². The number of aromatic hydroxyl groups is 1. The van der Waals surface area contributed by atoms with Crippen LogP contribution in [0.3, 0.4) is 0 Å². The number of aliphatic hydroxyl groups excluding tert-OH is 1. The van der Waals surface area contributed by atoms with E-state index in [2.05, 4.69) is 4.98 Å². The number of likely N-dealkylation sites (tertiary alicyclic amines) is 1. The minimum Gasteiger partial charge on any atom is -0.505 e. The number of aliphatic hydroxyl groups is 1. The maximum atomic E-state index is 13.3. The molecule has 8 heteroatoms. The van der Waals surface area contributed by atoms with E-state index in [0.29, 0.717) is 37.7 Å². The number of carboxylic acids is 1. The van der Waals surface area contributed by atoms with E-state index in [1.54, 1.807) is 23.1 Å². The molecular weight excluding hydrogens is 415 g/mol. The van der Waals surface area contributed by atoms with Gasteiger partial charge in [-0.05, 0) is 60.6 Å². The number of hydrogen-bond acceptors (Lipinski definition) is 5. The van der Waals surface area contributed by atoms with Gasteiger partial charge >= 0.3 is 5.97 Å². The van der Waals surface area contributed by atoms with Crippen molar-refractivity contribution in [2.45, 2.75) is 19.3 Å². The van der Waals surface area contributed by atoms with Crippen LogP contribution < -0.4 is 0 Å². The number of rotatable bonds is 5. The number of benzene rings is 2. The smallest absolute Gasteiger partial charge is 0.339 e. The maximum absolute atomic E-state index is 13.3. The zero-order valence-electron chi connectivity index (χ0n) is 17.3. The summed E-state index contributed by atoms with van der Waals surface area (Å²) in [6.07, 6.45) is 3.27. The number of fused-ring (bicyclic) bond motifs is 1. The van der Waals surface area contributed by atoms with Gasteiger partial charge in [-0.2, -0.15) is 0 Å². The van der Waals surface area contributed by atoms with Gasteiger partial charge in [-0.15, -0.1) is 0 Å². The molecule has 166 valence electrons. The lowest BCUT2D eigenvalue weighted by Crippen LogP contribution is -2.39. The lowest BCUT2D eigenvalue weighted by molar-refractivity contribution is 0.0652. The van der Waals surface area contributed by atoms with Crippen LogP contribution in [0.4, 0.5) is 4.39 Å². The number of carbonyl (C=O) groups excluding carboxylic acids is 1. The molecule has 0 saturated carbocycles. The van der Waals surface area contributed by atoms with E-state index >= 15 is 0 Å². The Kier molecular flexibility index (Phi) is 6.05. The first-order chi connectivity index (χ1) is 15.4. The number of carbonyl (C=O) groups is 2. The number of pyridine rings is 1. The Hall–Kier alpha value is -3.52. The summed E-state index contributed by atoms with van der Waals surface area (Å²) in [5, 5.41) is 29.7. The highest BCUT2D eigenvalue weighted by atomic mass is 19.1. The molecule has 1 aromatic heterocycles. The van der Waals surface area contributed by atoms with Crippen LogP contribution in [0.25, 0.3) is 10.9 Å². The van der Waals surface area contributed by atoms with Crippen molar-refractivity contribution >= 4 is 22.8 Å². The number of nitrogens with zero attached hydrogens (tertiary/aromatic N) is 2. The average Bonchev–Trinajstić information content (AvgIpc) is 2.80. The van der Waals surface area contributed by atoms with Crippen molar-refractivity contribution in [1.29, 1.82) is 0 Å². The van der Waals surface area contributed by atoms with Crippen molar-refractivity contribution in [3.63, 3.8) is 0 Å². The van der Waals surface area contributed by atoms with Crippen LogP contribution in [0.5, 0.6) is 5.75 Å². The Balaban J connectivity index is 1.76. The fourth-order valence-corrected chi connectivity index (χ4v) is 4.08. The summed E-state index contributed by atoms with van der Waals surface area (Å²) in [6.45, 7) is 0.985. The van der Waals surface area contributed by atoms with Crippen LogP contribution in [0, 0.1) is 11.7 Å². The van der Waals surface area contributed by atoms with Crippen molar-refractivity contribution in [2.24, 2.45) is 5.92 Å². The first-order valence-electron chi connectivity index (χ1n) is 10.4. The molecule has 7 nitrogen and oxygen atoms in total. The third-order valence-electron chi connectivity index (χ3n) is 5.94. The number of amides is 1. The molecule has 32 heavy (non-hydrogen) atoms. The molecule has 0 bridgehead atoms. The van der Waals surface area contributed by atoms with E-state index in [9.17, 15) is 29.3 Å². The minimum absolute atomic E-state index is 0.0429. The number of halogens is 1. The van der Waals surface area contributed by atoms with E-state index in [0.717, 1.165) is 11.1 Å². The Morgan fingerprint density at radius 2 is 1.75 bits per heavy atom. The highest BCUT2D eigenvalue weighted by Gasteiger charge is 2.27. The third kappa shape index (κ3) is 4.27. The average molecular weight is 438 g/mol. The molecule has 1 fully saturated rings. The van der Waals surface area contributed by atoms with Crippen molar-refractivity contribution in [3.05, 3.63) is 70.7 Å². The molecule has 4 rings (SSSR count). The Labute approximate surface area is 183 Å². The van der Waals surface area contributed by atoms with E-state index in [4.69, 9.17) is 0 Å². The van der Waals surface area contributed by atoms with Gasteiger partial charge in [-0.1, -0.05) is 12.1 Å². The van der Waals surface area contributed by atoms with Crippen LogP contribution in [-0.4, -0.2) is 56.8 Å². The van der Waals surface area contributed by atoms with Crippen LogP contribution in [0.1, 0.15) is 44.7 Å². The minimum atomic E-state index is -1.35. The molecule has 0 atom stereocenters. The number of aromatic nitrogens is 1. The molecule has 0 unspecified atom stereocenters. The van der Waals surface area contributed by atoms with Crippen molar-refractivity contribution in [1.82, 2.24) is 9.88 Å². The number of hydrogen-bond donors (Lipinski definition) is 3. The summed E-state index contributed by atoms with van der Waals surface area (Å²) in [6, 6.07) is 8.94.